The highest BCUT2D eigenvalue weighted by atomic mass is 16.2. The monoisotopic (exact) mass is 427 g/mol. The van der Waals surface area contributed by atoms with Crippen LogP contribution in [0, 0.1) is 5.41 Å². The zero-order valence-electron chi connectivity index (χ0n) is 18.1. The van der Waals surface area contributed by atoms with Gasteiger partial charge in [-0.25, -0.2) is 4.79 Å². The smallest absolute Gasteiger partial charge is 0.326 e. The zero-order valence-corrected chi connectivity index (χ0v) is 18.1. The first kappa shape index (κ1) is 21.4. The molecule has 0 aliphatic carbocycles. The number of amides is 2. The SMILES string of the molecule is N=C(Nc1ccc(CCNC(=O)N(c2ccccc2)c2ccccc2)cc1)N1CCCC1. The second kappa shape index (κ2) is 10.5. The third-order valence-corrected chi connectivity index (χ3v) is 5.56. The molecule has 3 aromatic rings. The van der Waals surface area contributed by atoms with Crippen molar-refractivity contribution < 1.29 is 4.79 Å². The molecule has 6 nitrogen and oxygen atoms in total. The molecule has 32 heavy (non-hydrogen) atoms. The molecular weight excluding hydrogens is 398 g/mol. The summed E-state index contributed by atoms with van der Waals surface area (Å²) in [5.41, 5.74) is 3.70. The fourth-order valence-electron chi connectivity index (χ4n) is 3.84. The van der Waals surface area contributed by atoms with Crippen molar-refractivity contribution >= 4 is 29.1 Å². The van der Waals surface area contributed by atoms with Gasteiger partial charge in [0.1, 0.15) is 0 Å². The molecule has 0 unspecified atom stereocenters. The Morgan fingerprint density at radius 1 is 0.844 bits per heavy atom. The van der Waals surface area contributed by atoms with Gasteiger partial charge in [-0.3, -0.25) is 10.3 Å². The van der Waals surface area contributed by atoms with Crippen molar-refractivity contribution in [3.8, 4) is 0 Å². The Morgan fingerprint density at radius 2 is 1.41 bits per heavy atom. The molecule has 0 radical (unpaired) electrons. The molecule has 164 valence electrons. The van der Waals surface area contributed by atoms with Crippen molar-refractivity contribution in [2.24, 2.45) is 0 Å². The van der Waals surface area contributed by atoms with Gasteiger partial charge in [-0.1, -0.05) is 48.5 Å². The number of urea groups is 1. The van der Waals surface area contributed by atoms with Crippen LogP contribution >= 0.6 is 0 Å². The minimum Gasteiger partial charge on any atom is -0.343 e. The number of anilines is 3. The summed E-state index contributed by atoms with van der Waals surface area (Å²) < 4.78 is 0. The molecule has 3 N–H and O–H groups in total. The van der Waals surface area contributed by atoms with Gasteiger partial charge >= 0.3 is 6.03 Å². The lowest BCUT2D eigenvalue weighted by molar-refractivity contribution is 0.248. The van der Waals surface area contributed by atoms with Crippen LogP contribution in [0.4, 0.5) is 21.9 Å². The predicted molar refractivity (Wildman–Crippen MR) is 131 cm³/mol. The fourth-order valence-corrected chi connectivity index (χ4v) is 3.84. The van der Waals surface area contributed by atoms with E-state index in [1.54, 1.807) is 4.90 Å². The molecule has 2 amide bonds. The molecular formula is C26H29N5O. The standard InChI is InChI=1S/C26H29N5O/c27-25(30-19-7-8-20-30)29-22-15-13-21(14-16-22)17-18-28-26(32)31(23-9-3-1-4-10-23)24-11-5-2-6-12-24/h1-6,9-16H,7-8,17-20H2,(H2,27,29)(H,28,32). The summed E-state index contributed by atoms with van der Waals surface area (Å²) in [5, 5.41) is 14.4. The van der Waals surface area contributed by atoms with Crippen LogP contribution in [0.5, 0.6) is 0 Å². The number of guanidine groups is 1. The van der Waals surface area contributed by atoms with Gasteiger partial charge in [0.05, 0.1) is 11.4 Å². The molecule has 1 aliphatic rings. The summed E-state index contributed by atoms with van der Waals surface area (Å²) in [5.74, 6) is 0.462. The van der Waals surface area contributed by atoms with Crippen LogP contribution in [0.2, 0.25) is 0 Å². The van der Waals surface area contributed by atoms with Crippen molar-refractivity contribution in [1.29, 1.82) is 5.41 Å². The van der Waals surface area contributed by atoms with E-state index in [1.165, 1.54) is 0 Å². The molecule has 4 rings (SSSR count). The Balaban J connectivity index is 1.32. The number of hydrogen-bond acceptors (Lipinski definition) is 2. The van der Waals surface area contributed by atoms with Gasteiger partial charge in [-0.2, -0.15) is 0 Å². The quantitative estimate of drug-likeness (QED) is 0.373. The Morgan fingerprint density at radius 3 is 1.97 bits per heavy atom. The summed E-state index contributed by atoms with van der Waals surface area (Å²) in [6, 6.07) is 27.2. The summed E-state index contributed by atoms with van der Waals surface area (Å²) in [6.07, 6.45) is 3.04. The molecule has 6 heteroatoms. The maximum atomic E-state index is 13.0. The van der Waals surface area contributed by atoms with E-state index in [1.807, 2.05) is 84.9 Å². The number of hydrogen-bond donors (Lipinski definition) is 3. The summed E-state index contributed by atoms with van der Waals surface area (Å²) >= 11 is 0. The van der Waals surface area contributed by atoms with Crippen LogP contribution in [-0.2, 0) is 6.42 Å². The molecule has 0 saturated carbocycles. The van der Waals surface area contributed by atoms with E-state index in [4.69, 9.17) is 5.41 Å². The first-order valence-corrected chi connectivity index (χ1v) is 11.1. The molecule has 0 aromatic heterocycles. The topological polar surface area (TPSA) is 71.5 Å². The van der Waals surface area contributed by atoms with Gasteiger partial charge in [-0.05, 0) is 61.2 Å². The van der Waals surface area contributed by atoms with Gasteiger partial charge in [0.2, 0.25) is 0 Å². The van der Waals surface area contributed by atoms with Crippen LogP contribution in [0.25, 0.3) is 0 Å². The number of carbonyl (C=O) groups is 1. The number of benzene rings is 3. The van der Waals surface area contributed by atoms with Crippen molar-refractivity contribution in [2.45, 2.75) is 19.3 Å². The zero-order chi connectivity index (χ0) is 22.2. The van der Waals surface area contributed by atoms with Crippen LogP contribution in [0.3, 0.4) is 0 Å². The Labute approximate surface area is 189 Å². The largest absolute Gasteiger partial charge is 0.343 e. The van der Waals surface area contributed by atoms with Gasteiger partial charge in [0.25, 0.3) is 0 Å². The van der Waals surface area contributed by atoms with E-state index in [2.05, 4.69) is 15.5 Å². The molecule has 3 aromatic carbocycles. The predicted octanol–water partition coefficient (Wildman–Crippen LogP) is 5.22. The van der Waals surface area contributed by atoms with E-state index in [0.717, 1.165) is 55.0 Å². The molecule has 0 bridgehead atoms. The number of rotatable bonds is 6. The van der Waals surface area contributed by atoms with Crippen LogP contribution < -0.4 is 15.5 Å². The average molecular weight is 428 g/mol. The normalized spacial score (nSPS) is 12.9. The Hall–Kier alpha value is -3.80. The summed E-state index contributed by atoms with van der Waals surface area (Å²) in [7, 11) is 0. The van der Waals surface area contributed by atoms with Crippen molar-refractivity contribution in [3.05, 3.63) is 90.5 Å². The molecule has 1 heterocycles. The van der Waals surface area contributed by atoms with E-state index in [9.17, 15) is 4.79 Å². The van der Waals surface area contributed by atoms with Crippen LogP contribution in [0.15, 0.2) is 84.9 Å². The van der Waals surface area contributed by atoms with E-state index >= 15 is 0 Å². The van der Waals surface area contributed by atoms with E-state index in [-0.39, 0.29) is 6.03 Å². The van der Waals surface area contributed by atoms with Gasteiger partial charge in [0.15, 0.2) is 5.96 Å². The van der Waals surface area contributed by atoms with Crippen molar-refractivity contribution in [3.63, 3.8) is 0 Å². The first-order valence-electron chi connectivity index (χ1n) is 11.1. The first-order chi connectivity index (χ1) is 15.7. The number of nitrogens with one attached hydrogen (secondary N) is 3. The molecule has 1 fully saturated rings. The lowest BCUT2D eigenvalue weighted by atomic mass is 10.1. The van der Waals surface area contributed by atoms with Gasteiger partial charge in [0, 0.05) is 25.3 Å². The highest BCUT2D eigenvalue weighted by molar-refractivity contribution is 5.99. The minimum atomic E-state index is -0.153. The lowest BCUT2D eigenvalue weighted by Gasteiger charge is -2.23. The highest BCUT2D eigenvalue weighted by Gasteiger charge is 2.17. The van der Waals surface area contributed by atoms with E-state index < -0.39 is 0 Å². The second-order valence-corrected chi connectivity index (χ2v) is 7.85. The van der Waals surface area contributed by atoms with Crippen molar-refractivity contribution in [2.75, 3.05) is 29.9 Å². The third kappa shape index (κ3) is 5.46. The number of para-hydroxylation sites is 2. The maximum absolute atomic E-state index is 13.0. The summed E-state index contributed by atoms with van der Waals surface area (Å²) in [6.45, 7) is 2.44. The van der Waals surface area contributed by atoms with Gasteiger partial charge < -0.3 is 15.5 Å². The second-order valence-electron chi connectivity index (χ2n) is 7.85. The maximum Gasteiger partial charge on any atom is 0.326 e. The Kier molecular flexibility index (Phi) is 7.02. The lowest BCUT2D eigenvalue weighted by Crippen LogP contribution is -2.37. The van der Waals surface area contributed by atoms with Gasteiger partial charge in [-0.15, -0.1) is 0 Å². The molecule has 0 spiro atoms. The van der Waals surface area contributed by atoms with Crippen LogP contribution in [0.1, 0.15) is 18.4 Å². The number of carbonyl (C=O) groups excluding carboxylic acids is 1. The molecule has 1 aliphatic heterocycles. The minimum absolute atomic E-state index is 0.153. The number of nitrogens with zero attached hydrogens (tertiary/aromatic N) is 2. The van der Waals surface area contributed by atoms with E-state index in [0.29, 0.717) is 12.5 Å². The molecule has 0 atom stereocenters. The average Bonchev–Trinajstić information content (AvgIpc) is 3.37. The number of likely N-dealkylation sites (tertiary alicyclic amines) is 1. The highest BCUT2D eigenvalue weighted by Crippen LogP contribution is 2.24. The molecule has 1 saturated heterocycles. The van der Waals surface area contributed by atoms with Crippen molar-refractivity contribution in [1.82, 2.24) is 10.2 Å². The third-order valence-electron chi connectivity index (χ3n) is 5.56. The summed E-state index contributed by atoms with van der Waals surface area (Å²) in [4.78, 5) is 16.8. The fraction of sp³-hybridized carbons (Fsp3) is 0.231. The Bertz CT molecular complexity index is 976. The van der Waals surface area contributed by atoms with Crippen LogP contribution in [-0.4, -0.2) is 36.5 Å².